The predicted molar refractivity (Wildman–Crippen MR) is 147 cm³/mol. The molecule has 3 N–H and O–H groups in total. The highest BCUT2D eigenvalue weighted by Gasteiger charge is 2.22. The van der Waals surface area contributed by atoms with Gasteiger partial charge < -0.3 is 24.3 Å². The first-order valence-corrected chi connectivity index (χ1v) is 12.7. The summed E-state index contributed by atoms with van der Waals surface area (Å²) in [6, 6.07) is 17.5. The van der Waals surface area contributed by atoms with E-state index in [0.29, 0.717) is 32.9 Å². The van der Waals surface area contributed by atoms with Crippen LogP contribution in [-0.4, -0.2) is 57.6 Å². The molecule has 0 radical (unpaired) electrons. The number of aliphatic hydroxyl groups excluding tert-OH is 1. The first kappa shape index (κ1) is 25.8. The molecule has 0 saturated heterocycles. The van der Waals surface area contributed by atoms with Crippen LogP contribution in [-0.2, 0) is 11.3 Å². The number of aromatic nitrogens is 3. The Labute approximate surface area is 226 Å². The van der Waals surface area contributed by atoms with Crippen LogP contribution in [0.4, 0.5) is 11.6 Å². The molecule has 3 aromatic heterocycles. The van der Waals surface area contributed by atoms with Gasteiger partial charge in [-0.3, -0.25) is 19.7 Å². The maximum atomic E-state index is 13.1. The molecule has 0 aliphatic heterocycles. The number of fused-ring (bicyclic) bond motifs is 1. The number of hydrogen-bond acceptors (Lipinski definition) is 8. The third kappa shape index (κ3) is 5.28. The van der Waals surface area contributed by atoms with Gasteiger partial charge in [-0.2, -0.15) is 0 Å². The average Bonchev–Trinajstić information content (AvgIpc) is 3.73. The molecule has 0 spiro atoms. The lowest BCUT2D eigenvalue weighted by atomic mass is 10.2. The Kier molecular flexibility index (Phi) is 7.21. The van der Waals surface area contributed by atoms with Gasteiger partial charge in [0.15, 0.2) is 18.3 Å². The molecule has 11 nitrogen and oxygen atoms in total. The number of carbonyl (C=O) groups excluding carboxylic acids is 3. The highest BCUT2D eigenvalue weighted by Crippen LogP contribution is 2.30. The lowest BCUT2D eigenvalue weighted by molar-refractivity contribution is -0.129. The van der Waals surface area contributed by atoms with E-state index in [-0.39, 0.29) is 18.4 Å². The maximum absolute atomic E-state index is 13.1. The molecule has 5 rings (SSSR count). The van der Waals surface area contributed by atoms with Crippen molar-refractivity contribution in [3.63, 3.8) is 0 Å². The van der Waals surface area contributed by atoms with E-state index in [1.165, 1.54) is 29.7 Å². The second-order valence-electron chi connectivity index (χ2n) is 8.56. The number of oxazole rings is 1. The Balaban J connectivity index is 1.47. The molecule has 0 bridgehead atoms. The van der Waals surface area contributed by atoms with Crippen LogP contribution in [0.25, 0.3) is 21.7 Å². The Bertz CT molecular complexity index is 1640. The van der Waals surface area contributed by atoms with Gasteiger partial charge in [0, 0.05) is 25.3 Å². The number of rotatable bonds is 8. The van der Waals surface area contributed by atoms with E-state index < -0.39 is 17.9 Å². The number of nitrogens with zero attached hydrogens (tertiary/aromatic N) is 4. The quantitative estimate of drug-likeness (QED) is 0.272. The average molecular weight is 545 g/mol. The number of imidazole rings is 1. The molecule has 12 heteroatoms. The van der Waals surface area contributed by atoms with Crippen LogP contribution in [0.1, 0.15) is 20.0 Å². The number of likely N-dealkylation sites (N-methyl/N-ethyl adjacent to an activating group) is 1. The van der Waals surface area contributed by atoms with Crippen molar-refractivity contribution in [1.29, 1.82) is 0 Å². The molecular weight excluding hydrogens is 520 g/mol. The van der Waals surface area contributed by atoms with Crippen molar-refractivity contribution in [2.75, 3.05) is 24.3 Å². The normalized spacial score (nSPS) is 11.8. The van der Waals surface area contributed by atoms with Gasteiger partial charge in [0.2, 0.25) is 11.9 Å². The van der Waals surface area contributed by atoms with Crippen molar-refractivity contribution in [2.45, 2.75) is 12.6 Å². The zero-order chi connectivity index (χ0) is 27.5. The van der Waals surface area contributed by atoms with Crippen LogP contribution in [0.2, 0.25) is 0 Å². The Morgan fingerprint density at radius 2 is 1.92 bits per heavy atom. The maximum Gasteiger partial charge on any atom is 0.268 e. The third-order valence-corrected chi connectivity index (χ3v) is 7.18. The minimum atomic E-state index is -1.38. The van der Waals surface area contributed by atoms with Crippen molar-refractivity contribution in [3.8, 4) is 10.6 Å². The zero-order valence-electron chi connectivity index (χ0n) is 21.0. The topological polar surface area (TPSA) is 143 Å². The molecule has 3 heterocycles. The first-order chi connectivity index (χ1) is 18.9. The number of thiophene rings is 1. The first-order valence-electron chi connectivity index (χ1n) is 11.9. The summed E-state index contributed by atoms with van der Waals surface area (Å²) in [5, 5.41) is 15.6. The van der Waals surface area contributed by atoms with Gasteiger partial charge in [-0.15, -0.1) is 11.3 Å². The molecule has 0 aliphatic rings. The van der Waals surface area contributed by atoms with Gasteiger partial charge in [-0.1, -0.05) is 18.2 Å². The highest BCUT2D eigenvalue weighted by atomic mass is 32.1. The molecule has 2 aromatic carbocycles. The molecule has 3 amide bonds. The van der Waals surface area contributed by atoms with Gasteiger partial charge in [-0.25, -0.2) is 9.97 Å². The van der Waals surface area contributed by atoms with Gasteiger partial charge in [0.25, 0.3) is 11.8 Å². The molecule has 39 heavy (non-hydrogen) atoms. The lowest BCUT2D eigenvalue weighted by Gasteiger charge is -2.18. The summed E-state index contributed by atoms with van der Waals surface area (Å²) in [5.74, 6) is -0.510. The van der Waals surface area contributed by atoms with Crippen molar-refractivity contribution < 1.29 is 23.9 Å². The summed E-state index contributed by atoms with van der Waals surface area (Å²) in [4.78, 5) is 49.3. The Morgan fingerprint density at radius 1 is 1.13 bits per heavy atom. The van der Waals surface area contributed by atoms with Crippen molar-refractivity contribution in [2.24, 2.45) is 0 Å². The monoisotopic (exact) mass is 544 g/mol. The second kappa shape index (κ2) is 10.9. The van der Waals surface area contributed by atoms with E-state index in [4.69, 9.17) is 4.42 Å². The standard InChI is InChI=1S/C27H24N6O5S/c1-28-24(35)20(34)14-33-19-9-8-17(32(2)26(37)16-6-4-3-5-7-16)12-18(19)30-27(33)31-25(36)23-11-10-22(39-23)21-13-29-15-38-21/h3-13,15,20,34H,14H2,1-2H3,(H,28,35)(H,30,31,36). The van der Waals surface area contributed by atoms with Crippen LogP contribution in [0.5, 0.6) is 0 Å². The van der Waals surface area contributed by atoms with Crippen LogP contribution in [0.15, 0.2) is 77.7 Å². The fourth-order valence-corrected chi connectivity index (χ4v) is 4.87. The van der Waals surface area contributed by atoms with Crippen molar-refractivity contribution in [3.05, 3.63) is 83.7 Å². The zero-order valence-corrected chi connectivity index (χ0v) is 21.8. The van der Waals surface area contributed by atoms with E-state index in [2.05, 4.69) is 20.6 Å². The number of anilines is 2. The molecule has 0 aliphatic carbocycles. The highest BCUT2D eigenvalue weighted by molar-refractivity contribution is 7.17. The van der Waals surface area contributed by atoms with Crippen LogP contribution in [0, 0.1) is 0 Å². The fourth-order valence-electron chi connectivity index (χ4n) is 4.01. The van der Waals surface area contributed by atoms with E-state index in [1.807, 2.05) is 6.07 Å². The third-order valence-electron chi connectivity index (χ3n) is 6.08. The summed E-state index contributed by atoms with van der Waals surface area (Å²) in [5.41, 5.74) is 2.15. The molecule has 5 aromatic rings. The molecule has 0 saturated carbocycles. The SMILES string of the molecule is CNC(=O)C(O)Cn1c(NC(=O)c2ccc(-c3cnco3)s2)nc2cc(N(C)C(=O)c3ccccc3)ccc21. The van der Waals surface area contributed by atoms with Gasteiger partial charge in [-0.05, 0) is 42.5 Å². The number of carbonyl (C=O) groups is 3. The van der Waals surface area contributed by atoms with E-state index >= 15 is 0 Å². The number of aliphatic hydroxyl groups is 1. The molecular formula is C27H24N6O5S. The largest absolute Gasteiger partial charge is 0.443 e. The predicted octanol–water partition coefficient (Wildman–Crippen LogP) is 3.39. The van der Waals surface area contributed by atoms with Crippen LogP contribution in [0.3, 0.4) is 0 Å². The molecule has 1 atom stereocenters. The van der Waals surface area contributed by atoms with Crippen molar-refractivity contribution in [1.82, 2.24) is 19.9 Å². The second-order valence-corrected chi connectivity index (χ2v) is 9.65. The Hall–Kier alpha value is -4.81. The number of hydrogen-bond donors (Lipinski definition) is 3. The fraction of sp³-hybridized carbons (Fsp3) is 0.148. The van der Waals surface area contributed by atoms with Gasteiger partial charge >= 0.3 is 0 Å². The summed E-state index contributed by atoms with van der Waals surface area (Å²) in [6.45, 7) is -0.155. The van der Waals surface area contributed by atoms with E-state index in [9.17, 15) is 19.5 Å². The number of benzene rings is 2. The Morgan fingerprint density at radius 3 is 2.64 bits per heavy atom. The lowest BCUT2D eigenvalue weighted by Crippen LogP contribution is -2.35. The minimum Gasteiger partial charge on any atom is -0.443 e. The number of amides is 3. The van der Waals surface area contributed by atoms with Crippen LogP contribution < -0.4 is 15.5 Å². The summed E-state index contributed by atoms with van der Waals surface area (Å²) in [7, 11) is 3.09. The van der Waals surface area contributed by atoms with E-state index in [1.54, 1.807) is 72.4 Å². The van der Waals surface area contributed by atoms with Crippen LogP contribution >= 0.6 is 11.3 Å². The minimum absolute atomic E-state index is 0.141. The molecule has 0 fully saturated rings. The summed E-state index contributed by atoms with van der Waals surface area (Å²) < 4.78 is 6.86. The summed E-state index contributed by atoms with van der Waals surface area (Å²) in [6.07, 6.45) is 1.49. The van der Waals surface area contributed by atoms with E-state index in [0.717, 1.165) is 4.88 Å². The van der Waals surface area contributed by atoms with Gasteiger partial charge in [0.1, 0.15) is 0 Å². The molecule has 1 unspecified atom stereocenters. The van der Waals surface area contributed by atoms with Gasteiger partial charge in [0.05, 0.1) is 33.5 Å². The van der Waals surface area contributed by atoms with Crippen molar-refractivity contribution >= 4 is 51.7 Å². The molecule has 198 valence electrons. The smallest absolute Gasteiger partial charge is 0.268 e. The summed E-state index contributed by atoms with van der Waals surface area (Å²) >= 11 is 1.22. The number of nitrogens with one attached hydrogen (secondary N) is 2.